The average molecular weight is 777 g/mol. The number of carbonyl (C=O) groups is 10. The van der Waals surface area contributed by atoms with Crippen LogP contribution in [0, 0.1) is 11.8 Å². The molecule has 7 amide bonds. The van der Waals surface area contributed by atoms with Gasteiger partial charge in [0, 0.05) is 6.42 Å². The van der Waals surface area contributed by atoms with Crippen molar-refractivity contribution in [2.24, 2.45) is 23.3 Å². The molecule has 21 nitrogen and oxygen atoms in total. The summed E-state index contributed by atoms with van der Waals surface area (Å²) in [5.41, 5.74) is 10.7. The Hall–Kier alpha value is -4.99. The lowest BCUT2D eigenvalue weighted by molar-refractivity contribution is -0.144. The standard InChI is InChI=1S/C31H52N8O13S/c1-13(2)23(38-27(47)17(9-10-53-6)34-25(45)15(5)32)29(49)35-16(7-8-21(41)42)26(46)36-18(12-22(43)44)28(48)39-24(14(3)4)30(50)37-19(31(51)52)11-20(33)40/h13-19,23-24H,7-12,32H2,1-6H3,(H2,33,40)(H,34,45)(H,35,49)(H,36,46)(H,37,50)(H,38,47)(H,39,48)(H,41,42)(H,43,44)(H,51,52). The number of thioether (sulfide) groups is 1. The van der Waals surface area contributed by atoms with E-state index >= 15 is 0 Å². The van der Waals surface area contributed by atoms with Gasteiger partial charge in [-0.25, -0.2) is 4.79 Å². The molecule has 0 bridgehead atoms. The number of aliphatic carboxylic acids is 3. The summed E-state index contributed by atoms with van der Waals surface area (Å²) in [6, 6.07) is -10.2. The Morgan fingerprint density at radius 2 is 0.962 bits per heavy atom. The van der Waals surface area contributed by atoms with Crippen LogP contribution in [-0.4, -0.2) is 129 Å². The number of rotatable bonds is 25. The Labute approximate surface area is 310 Å². The molecule has 300 valence electrons. The number of hydrogen-bond acceptors (Lipinski definition) is 12. The molecular formula is C31H52N8O13S. The maximum Gasteiger partial charge on any atom is 0.326 e. The van der Waals surface area contributed by atoms with Crippen LogP contribution in [0.15, 0.2) is 0 Å². The van der Waals surface area contributed by atoms with Crippen molar-refractivity contribution in [3.8, 4) is 0 Å². The Balaban J connectivity index is 6.27. The van der Waals surface area contributed by atoms with Crippen molar-refractivity contribution in [3.05, 3.63) is 0 Å². The molecule has 7 atom stereocenters. The molecule has 0 aromatic rings. The summed E-state index contributed by atoms with van der Waals surface area (Å²) in [5, 5.41) is 42.0. The minimum atomic E-state index is -1.90. The zero-order valence-corrected chi connectivity index (χ0v) is 31.2. The first-order chi connectivity index (χ1) is 24.5. The molecule has 0 saturated heterocycles. The molecule has 0 fully saturated rings. The van der Waals surface area contributed by atoms with Crippen LogP contribution in [0.4, 0.5) is 0 Å². The lowest BCUT2D eigenvalue weighted by Gasteiger charge is -2.29. The molecular weight excluding hydrogens is 724 g/mol. The van der Waals surface area contributed by atoms with Gasteiger partial charge in [0.15, 0.2) is 0 Å². The minimum absolute atomic E-state index is 0.182. The number of nitrogens with two attached hydrogens (primary N) is 2. The molecule has 53 heavy (non-hydrogen) atoms. The topological polar surface area (TPSA) is 356 Å². The van der Waals surface area contributed by atoms with Crippen molar-refractivity contribution in [2.45, 2.75) is 109 Å². The molecule has 0 aliphatic carbocycles. The van der Waals surface area contributed by atoms with Crippen molar-refractivity contribution < 1.29 is 63.3 Å². The van der Waals surface area contributed by atoms with Crippen molar-refractivity contribution >= 4 is 71.0 Å². The summed E-state index contributed by atoms with van der Waals surface area (Å²) < 4.78 is 0. The van der Waals surface area contributed by atoms with Gasteiger partial charge in [0.1, 0.15) is 36.3 Å². The predicted molar refractivity (Wildman–Crippen MR) is 188 cm³/mol. The average Bonchev–Trinajstić information content (AvgIpc) is 3.03. The summed E-state index contributed by atoms with van der Waals surface area (Å²) in [4.78, 5) is 124. The highest BCUT2D eigenvalue weighted by atomic mass is 32.2. The van der Waals surface area contributed by atoms with Gasteiger partial charge in [-0.1, -0.05) is 27.7 Å². The monoisotopic (exact) mass is 776 g/mol. The Bertz CT molecular complexity index is 1360. The first-order valence-electron chi connectivity index (χ1n) is 16.5. The number of primary amides is 1. The van der Waals surface area contributed by atoms with Crippen LogP contribution < -0.4 is 43.4 Å². The number of carboxylic acid groups (broad SMARTS) is 3. The maximum absolute atomic E-state index is 13.5. The van der Waals surface area contributed by atoms with E-state index in [1.165, 1.54) is 32.5 Å². The van der Waals surface area contributed by atoms with Crippen molar-refractivity contribution in [3.63, 3.8) is 0 Å². The van der Waals surface area contributed by atoms with Gasteiger partial charge in [-0.15, -0.1) is 0 Å². The normalized spacial score (nSPS) is 15.0. The van der Waals surface area contributed by atoms with Crippen molar-refractivity contribution in [1.29, 1.82) is 0 Å². The van der Waals surface area contributed by atoms with E-state index in [-0.39, 0.29) is 6.42 Å². The van der Waals surface area contributed by atoms with Crippen LogP contribution in [0.2, 0.25) is 0 Å². The smallest absolute Gasteiger partial charge is 0.326 e. The molecule has 7 unspecified atom stereocenters. The van der Waals surface area contributed by atoms with Gasteiger partial charge in [-0.05, 0) is 43.6 Å². The lowest BCUT2D eigenvalue weighted by Crippen LogP contribution is -2.61. The highest BCUT2D eigenvalue weighted by Gasteiger charge is 2.36. The molecule has 0 aromatic heterocycles. The summed E-state index contributed by atoms with van der Waals surface area (Å²) in [7, 11) is 0. The van der Waals surface area contributed by atoms with E-state index < -0.39 is 139 Å². The van der Waals surface area contributed by atoms with E-state index in [0.717, 1.165) is 0 Å². The Morgan fingerprint density at radius 1 is 0.547 bits per heavy atom. The van der Waals surface area contributed by atoms with Gasteiger partial charge < -0.3 is 58.7 Å². The molecule has 0 radical (unpaired) electrons. The number of carboxylic acids is 3. The molecule has 13 N–H and O–H groups in total. The molecule has 22 heteroatoms. The molecule has 0 spiro atoms. The number of amides is 7. The maximum atomic E-state index is 13.5. The van der Waals surface area contributed by atoms with Crippen LogP contribution in [0.1, 0.15) is 66.7 Å². The first-order valence-corrected chi connectivity index (χ1v) is 17.9. The molecule has 0 rings (SSSR count). The van der Waals surface area contributed by atoms with E-state index in [9.17, 15) is 63.3 Å². The minimum Gasteiger partial charge on any atom is -0.481 e. The van der Waals surface area contributed by atoms with Crippen LogP contribution in [0.5, 0.6) is 0 Å². The molecule has 0 aliphatic heterocycles. The van der Waals surface area contributed by atoms with E-state index in [2.05, 4.69) is 31.9 Å². The molecule has 0 saturated carbocycles. The van der Waals surface area contributed by atoms with Crippen LogP contribution in [-0.2, 0) is 47.9 Å². The van der Waals surface area contributed by atoms with E-state index in [1.54, 1.807) is 20.1 Å². The fraction of sp³-hybridized carbons (Fsp3) is 0.677. The van der Waals surface area contributed by atoms with E-state index in [0.29, 0.717) is 5.75 Å². The van der Waals surface area contributed by atoms with Crippen molar-refractivity contribution in [2.75, 3.05) is 12.0 Å². The van der Waals surface area contributed by atoms with Crippen LogP contribution in [0.3, 0.4) is 0 Å². The fourth-order valence-corrected chi connectivity index (χ4v) is 4.97. The zero-order chi connectivity index (χ0) is 41.2. The van der Waals surface area contributed by atoms with Gasteiger partial charge in [0.2, 0.25) is 41.4 Å². The van der Waals surface area contributed by atoms with Gasteiger partial charge in [-0.3, -0.25) is 43.2 Å². The quantitative estimate of drug-likeness (QED) is 0.0431. The van der Waals surface area contributed by atoms with Crippen LogP contribution >= 0.6 is 11.8 Å². The number of carbonyl (C=O) groups excluding carboxylic acids is 7. The summed E-state index contributed by atoms with van der Waals surface area (Å²) in [5.74, 6) is -12.2. The summed E-state index contributed by atoms with van der Waals surface area (Å²) in [6.45, 7) is 7.46. The first kappa shape index (κ1) is 48.0. The van der Waals surface area contributed by atoms with Gasteiger partial charge >= 0.3 is 17.9 Å². The van der Waals surface area contributed by atoms with Crippen LogP contribution in [0.25, 0.3) is 0 Å². The third kappa shape index (κ3) is 18.4. The Morgan fingerprint density at radius 3 is 1.36 bits per heavy atom. The highest BCUT2D eigenvalue weighted by Crippen LogP contribution is 2.10. The number of hydrogen-bond donors (Lipinski definition) is 11. The van der Waals surface area contributed by atoms with E-state index in [1.807, 2.05) is 0 Å². The highest BCUT2D eigenvalue weighted by molar-refractivity contribution is 7.98. The second kappa shape index (κ2) is 23.5. The third-order valence-corrected chi connectivity index (χ3v) is 8.11. The fourth-order valence-electron chi connectivity index (χ4n) is 4.50. The third-order valence-electron chi connectivity index (χ3n) is 7.46. The van der Waals surface area contributed by atoms with Gasteiger partial charge in [0.05, 0.1) is 18.9 Å². The second-order valence-electron chi connectivity index (χ2n) is 12.8. The molecule has 0 heterocycles. The predicted octanol–water partition coefficient (Wildman–Crippen LogP) is -3.39. The summed E-state index contributed by atoms with van der Waals surface area (Å²) >= 11 is 1.40. The van der Waals surface area contributed by atoms with Gasteiger partial charge in [-0.2, -0.15) is 11.8 Å². The van der Waals surface area contributed by atoms with Gasteiger partial charge in [0.25, 0.3) is 0 Å². The number of nitrogens with one attached hydrogen (secondary N) is 6. The lowest BCUT2D eigenvalue weighted by atomic mass is 10.0. The molecule has 0 aromatic carbocycles. The SMILES string of the molecule is CSCCC(NC(=O)C(C)N)C(=O)NC(C(=O)NC(CCC(=O)O)C(=O)NC(CC(=O)O)C(=O)NC(C(=O)NC(CC(N)=O)C(=O)O)C(C)C)C(C)C. The summed E-state index contributed by atoms with van der Waals surface area (Å²) in [6.07, 6.45) is -1.06. The largest absolute Gasteiger partial charge is 0.481 e. The molecule has 0 aliphatic rings. The Kier molecular flexibility index (Phi) is 21.3. The zero-order valence-electron chi connectivity index (χ0n) is 30.4. The van der Waals surface area contributed by atoms with E-state index in [4.69, 9.17) is 11.5 Å². The second-order valence-corrected chi connectivity index (χ2v) is 13.8. The van der Waals surface area contributed by atoms with Crippen molar-refractivity contribution in [1.82, 2.24) is 31.9 Å².